The van der Waals surface area contributed by atoms with Crippen LogP contribution in [0.2, 0.25) is 0 Å². The molecule has 2 unspecified atom stereocenters. The van der Waals surface area contributed by atoms with Gasteiger partial charge in [-0.2, -0.15) is 11.8 Å². The van der Waals surface area contributed by atoms with Crippen LogP contribution in [0.4, 0.5) is 11.4 Å². The van der Waals surface area contributed by atoms with Gasteiger partial charge in [-0.3, -0.25) is 10.1 Å². The number of thioether (sulfide) groups is 1. The van der Waals surface area contributed by atoms with E-state index in [1.807, 2.05) is 11.8 Å². The fourth-order valence-corrected chi connectivity index (χ4v) is 3.58. The molecular formula is C14H20N2O3S. The molecular weight excluding hydrogens is 276 g/mol. The van der Waals surface area contributed by atoms with E-state index in [4.69, 9.17) is 0 Å². The Bertz CT molecular complexity index is 493. The van der Waals surface area contributed by atoms with Gasteiger partial charge in [-0.15, -0.1) is 0 Å². The summed E-state index contributed by atoms with van der Waals surface area (Å²) in [6, 6.07) is 5.03. The highest BCUT2D eigenvalue weighted by Gasteiger charge is 2.25. The number of rotatable bonds is 4. The Morgan fingerprint density at radius 2 is 2.35 bits per heavy atom. The molecule has 5 nitrogen and oxygen atoms in total. The maximum Gasteiger partial charge on any atom is 0.292 e. The van der Waals surface area contributed by atoms with Crippen molar-refractivity contribution in [3.8, 4) is 0 Å². The minimum atomic E-state index is -0.692. The zero-order chi connectivity index (χ0) is 14.7. The topological polar surface area (TPSA) is 66.6 Å². The van der Waals surface area contributed by atoms with Crippen molar-refractivity contribution in [2.45, 2.75) is 31.6 Å². The Morgan fingerprint density at radius 3 is 2.95 bits per heavy atom. The van der Waals surface area contributed by atoms with Crippen molar-refractivity contribution in [1.29, 1.82) is 0 Å². The van der Waals surface area contributed by atoms with Crippen LogP contribution in [-0.4, -0.2) is 34.1 Å². The highest BCUT2D eigenvalue weighted by Crippen LogP contribution is 2.34. The molecule has 0 aromatic heterocycles. The second-order valence-electron chi connectivity index (χ2n) is 5.03. The number of nitro groups is 1. The first-order valence-electron chi connectivity index (χ1n) is 6.86. The van der Waals surface area contributed by atoms with Crippen molar-refractivity contribution in [2.24, 2.45) is 0 Å². The molecule has 0 amide bonds. The number of nitro benzene ring substituents is 1. The third-order valence-corrected chi connectivity index (χ3v) is 4.99. The number of benzene rings is 1. The molecule has 1 aliphatic rings. The van der Waals surface area contributed by atoms with Crippen molar-refractivity contribution >= 4 is 23.1 Å². The third kappa shape index (κ3) is 3.24. The zero-order valence-corrected chi connectivity index (χ0v) is 12.6. The summed E-state index contributed by atoms with van der Waals surface area (Å²) in [6.45, 7) is 5.43. The van der Waals surface area contributed by atoms with E-state index < -0.39 is 6.10 Å². The van der Waals surface area contributed by atoms with Crippen LogP contribution in [0.3, 0.4) is 0 Å². The molecule has 0 spiro atoms. The fourth-order valence-electron chi connectivity index (χ4n) is 2.40. The monoisotopic (exact) mass is 296 g/mol. The predicted octanol–water partition coefficient (Wildman–Crippen LogP) is 2.98. The molecule has 1 heterocycles. The summed E-state index contributed by atoms with van der Waals surface area (Å²) < 4.78 is 0. The van der Waals surface area contributed by atoms with E-state index in [-0.39, 0.29) is 10.6 Å². The maximum atomic E-state index is 11.3. The molecule has 1 N–H and O–H groups in total. The average Bonchev–Trinajstić information content (AvgIpc) is 2.46. The van der Waals surface area contributed by atoms with Gasteiger partial charge in [-0.25, -0.2) is 0 Å². The molecule has 2 rings (SSSR count). The van der Waals surface area contributed by atoms with Crippen molar-refractivity contribution in [3.05, 3.63) is 33.9 Å². The second-order valence-corrected chi connectivity index (χ2v) is 6.44. The Morgan fingerprint density at radius 1 is 1.60 bits per heavy atom. The first kappa shape index (κ1) is 15.1. The van der Waals surface area contributed by atoms with Crippen LogP contribution >= 0.6 is 11.8 Å². The molecule has 110 valence electrons. The molecule has 0 saturated carbocycles. The molecule has 0 bridgehead atoms. The summed E-state index contributed by atoms with van der Waals surface area (Å²) in [5.74, 6) is 0.994. The normalized spacial score (nSPS) is 20.8. The maximum absolute atomic E-state index is 11.3. The van der Waals surface area contributed by atoms with Crippen LogP contribution in [0.1, 0.15) is 31.9 Å². The molecule has 1 aliphatic heterocycles. The van der Waals surface area contributed by atoms with Crippen molar-refractivity contribution < 1.29 is 10.0 Å². The van der Waals surface area contributed by atoms with E-state index in [1.165, 1.54) is 6.07 Å². The summed E-state index contributed by atoms with van der Waals surface area (Å²) in [7, 11) is 0. The summed E-state index contributed by atoms with van der Waals surface area (Å²) in [4.78, 5) is 13.0. The molecule has 1 fully saturated rings. The van der Waals surface area contributed by atoms with Crippen molar-refractivity contribution in [3.63, 3.8) is 0 Å². The van der Waals surface area contributed by atoms with E-state index in [0.717, 1.165) is 25.3 Å². The lowest BCUT2D eigenvalue weighted by molar-refractivity contribution is -0.384. The molecule has 2 atom stereocenters. The number of aliphatic hydroxyl groups is 1. The number of hydrogen-bond acceptors (Lipinski definition) is 5. The third-order valence-electron chi connectivity index (χ3n) is 3.61. The SMILES string of the molecule is CCC1CN(c2ccc(C(C)O)cc2[N+](=O)[O-])CCS1. The summed E-state index contributed by atoms with van der Waals surface area (Å²) in [6.07, 6.45) is 0.379. The van der Waals surface area contributed by atoms with Crippen LogP contribution in [0.15, 0.2) is 18.2 Å². The first-order valence-corrected chi connectivity index (χ1v) is 7.90. The van der Waals surface area contributed by atoms with E-state index >= 15 is 0 Å². The van der Waals surface area contributed by atoms with Crippen LogP contribution < -0.4 is 4.90 Å². The number of nitrogens with zero attached hydrogens (tertiary/aromatic N) is 2. The number of hydrogen-bond donors (Lipinski definition) is 1. The van der Waals surface area contributed by atoms with E-state index in [1.54, 1.807) is 19.1 Å². The van der Waals surface area contributed by atoms with Gasteiger partial charge in [-0.1, -0.05) is 13.0 Å². The van der Waals surface area contributed by atoms with E-state index in [0.29, 0.717) is 16.5 Å². The van der Waals surface area contributed by atoms with Gasteiger partial charge in [0.25, 0.3) is 5.69 Å². The van der Waals surface area contributed by atoms with Gasteiger partial charge in [0.2, 0.25) is 0 Å². The molecule has 0 radical (unpaired) electrons. The smallest absolute Gasteiger partial charge is 0.292 e. The number of aliphatic hydroxyl groups excluding tert-OH is 1. The molecule has 6 heteroatoms. The highest BCUT2D eigenvalue weighted by atomic mass is 32.2. The van der Waals surface area contributed by atoms with Gasteiger partial charge >= 0.3 is 0 Å². The Hall–Kier alpha value is -1.27. The second kappa shape index (κ2) is 6.45. The van der Waals surface area contributed by atoms with Crippen LogP contribution in [0, 0.1) is 10.1 Å². The molecule has 1 saturated heterocycles. The predicted molar refractivity (Wildman–Crippen MR) is 82.5 cm³/mol. The van der Waals surface area contributed by atoms with Crippen molar-refractivity contribution in [1.82, 2.24) is 0 Å². The zero-order valence-electron chi connectivity index (χ0n) is 11.8. The van der Waals surface area contributed by atoms with Gasteiger partial charge in [0.05, 0.1) is 11.0 Å². The van der Waals surface area contributed by atoms with Crippen molar-refractivity contribution in [2.75, 3.05) is 23.7 Å². The molecule has 0 aliphatic carbocycles. The summed E-state index contributed by atoms with van der Waals surface area (Å²) >= 11 is 1.93. The lowest BCUT2D eigenvalue weighted by Gasteiger charge is -2.33. The first-order chi connectivity index (χ1) is 9.52. The van der Waals surface area contributed by atoms with E-state index in [2.05, 4.69) is 11.8 Å². The highest BCUT2D eigenvalue weighted by molar-refractivity contribution is 8.00. The lowest BCUT2D eigenvalue weighted by atomic mass is 10.1. The largest absolute Gasteiger partial charge is 0.389 e. The fraction of sp³-hybridized carbons (Fsp3) is 0.571. The Balaban J connectivity index is 2.32. The molecule has 20 heavy (non-hydrogen) atoms. The minimum Gasteiger partial charge on any atom is -0.389 e. The quantitative estimate of drug-likeness (QED) is 0.683. The lowest BCUT2D eigenvalue weighted by Crippen LogP contribution is -2.37. The standard InChI is InChI=1S/C14H20N2O3S/c1-3-12-9-15(6-7-20-12)13-5-4-11(10(2)17)8-14(13)16(18)19/h4-5,8,10,12,17H,3,6-7,9H2,1-2H3. The summed E-state index contributed by atoms with van der Waals surface area (Å²) in [5.41, 5.74) is 1.34. The summed E-state index contributed by atoms with van der Waals surface area (Å²) in [5, 5.41) is 21.4. The average molecular weight is 296 g/mol. The van der Waals surface area contributed by atoms with Crippen LogP contribution in [0.25, 0.3) is 0 Å². The van der Waals surface area contributed by atoms with Gasteiger partial charge in [0.1, 0.15) is 5.69 Å². The van der Waals surface area contributed by atoms with Crippen LogP contribution in [0.5, 0.6) is 0 Å². The van der Waals surface area contributed by atoms with Gasteiger partial charge < -0.3 is 10.0 Å². The Kier molecular flexibility index (Phi) is 4.88. The van der Waals surface area contributed by atoms with Gasteiger partial charge in [0.15, 0.2) is 0 Å². The molecule has 1 aromatic rings. The van der Waals surface area contributed by atoms with Crippen LogP contribution in [-0.2, 0) is 0 Å². The molecule has 1 aromatic carbocycles. The van der Waals surface area contributed by atoms with Gasteiger partial charge in [0, 0.05) is 30.2 Å². The minimum absolute atomic E-state index is 0.0881. The Labute approximate surface area is 123 Å². The number of anilines is 1. The van der Waals surface area contributed by atoms with Gasteiger partial charge in [-0.05, 0) is 25.0 Å². The van der Waals surface area contributed by atoms with E-state index in [9.17, 15) is 15.2 Å².